The Hall–Kier alpha value is -3.66. The molecule has 2 aromatic carbocycles. The van der Waals surface area contributed by atoms with Gasteiger partial charge in [-0.1, -0.05) is 0 Å². The lowest BCUT2D eigenvalue weighted by atomic mass is 10.2. The molecule has 178 valence electrons. The number of rotatable bonds is 7. The lowest BCUT2D eigenvalue weighted by Crippen LogP contribution is -2.49. The van der Waals surface area contributed by atoms with Gasteiger partial charge in [-0.25, -0.2) is 9.37 Å². The van der Waals surface area contributed by atoms with Crippen LogP contribution in [0.15, 0.2) is 47.8 Å². The zero-order valence-electron chi connectivity index (χ0n) is 18.9. The standard InChI is InChI=1S/C24H25FN4O4S/c1-32-20-11-16(12-21(14-20)33-2)23(31)27-24-26-18(15-34-24)13-22(30)29-9-7-28(8-10-29)19-5-3-17(25)4-6-19/h3-6,11-12,14-15H,7-10,13H2,1-2H3,(H,26,27,31). The number of nitrogens with zero attached hydrogens (tertiary/aromatic N) is 3. The first kappa shape index (κ1) is 23.5. The van der Waals surface area contributed by atoms with E-state index >= 15 is 0 Å². The van der Waals surface area contributed by atoms with Crippen LogP contribution in [0.3, 0.4) is 0 Å². The molecule has 2 amide bonds. The molecule has 1 aliphatic rings. The van der Waals surface area contributed by atoms with E-state index in [4.69, 9.17) is 9.47 Å². The molecule has 2 heterocycles. The zero-order valence-corrected chi connectivity index (χ0v) is 19.7. The van der Waals surface area contributed by atoms with Crippen LogP contribution in [-0.4, -0.2) is 62.1 Å². The molecular formula is C24H25FN4O4S. The van der Waals surface area contributed by atoms with Crippen LogP contribution in [-0.2, 0) is 11.2 Å². The molecule has 1 fully saturated rings. The number of amides is 2. The maximum Gasteiger partial charge on any atom is 0.257 e. The summed E-state index contributed by atoms with van der Waals surface area (Å²) in [4.78, 5) is 33.7. The summed E-state index contributed by atoms with van der Waals surface area (Å²) in [6.45, 7) is 2.53. The number of anilines is 2. The lowest BCUT2D eigenvalue weighted by molar-refractivity contribution is -0.130. The highest BCUT2D eigenvalue weighted by Gasteiger charge is 2.22. The van der Waals surface area contributed by atoms with E-state index in [1.54, 1.807) is 40.6 Å². The van der Waals surface area contributed by atoms with Gasteiger partial charge in [0.2, 0.25) is 5.91 Å². The Morgan fingerprint density at radius 2 is 1.68 bits per heavy atom. The lowest BCUT2D eigenvalue weighted by Gasteiger charge is -2.36. The second kappa shape index (κ2) is 10.5. The van der Waals surface area contributed by atoms with Crippen molar-refractivity contribution in [3.05, 3.63) is 64.9 Å². The summed E-state index contributed by atoms with van der Waals surface area (Å²) in [7, 11) is 3.03. The fourth-order valence-electron chi connectivity index (χ4n) is 3.69. The number of halogens is 1. The highest BCUT2D eigenvalue weighted by molar-refractivity contribution is 7.14. The van der Waals surface area contributed by atoms with E-state index in [0.29, 0.717) is 54.1 Å². The Kier molecular flexibility index (Phi) is 7.27. The number of carbonyl (C=O) groups excluding carboxylic acids is 2. The topological polar surface area (TPSA) is 84.0 Å². The second-order valence-electron chi connectivity index (χ2n) is 7.72. The average molecular weight is 485 g/mol. The number of thiazole rings is 1. The summed E-state index contributed by atoms with van der Waals surface area (Å²) in [5.41, 5.74) is 1.93. The molecule has 3 aromatic rings. The third-order valence-corrected chi connectivity index (χ3v) is 6.35. The number of carbonyl (C=O) groups is 2. The normalized spacial score (nSPS) is 13.5. The summed E-state index contributed by atoms with van der Waals surface area (Å²) < 4.78 is 23.6. The smallest absolute Gasteiger partial charge is 0.257 e. The van der Waals surface area contributed by atoms with Gasteiger partial charge in [0, 0.05) is 48.9 Å². The van der Waals surface area contributed by atoms with E-state index in [1.807, 2.05) is 0 Å². The summed E-state index contributed by atoms with van der Waals surface area (Å²) in [6.07, 6.45) is 0.163. The van der Waals surface area contributed by atoms with Gasteiger partial charge in [0.15, 0.2) is 5.13 Å². The third kappa shape index (κ3) is 5.63. The largest absolute Gasteiger partial charge is 0.497 e. The Morgan fingerprint density at radius 1 is 1.03 bits per heavy atom. The van der Waals surface area contributed by atoms with E-state index in [1.165, 1.54) is 37.7 Å². The van der Waals surface area contributed by atoms with Gasteiger partial charge < -0.3 is 19.3 Å². The average Bonchev–Trinajstić information content (AvgIpc) is 3.30. The van der Waals surface area contributed by atoms with Crippen molar-refractivity contribution in [2.24, 2.45) is 0 Å². The van der Waals surface area contributed by atoms with Crippen LogP contribution in [0.4, 0.5) is 15.2 Å². The predicted molar refractivity (Wildman–Crippen MR) is 129 cm³/mol. The van der Waals surface area contributed by atoms with Crippen LogP contribution in [0.25, 0.3) is 0 Å². The van der Waals surface area contributed by atoms with E-state index in [-0.39, 0.29) is 24.1 Å². The third-order valence-electron chi connectivity index (χ3n) is 5.54. The highest BCUT2D eigenvalue weighted by Crippen LogP contribution is 2.24. The summed E-state index contributed by atoms with van der Waals surface area (Å²) in [5, 5.41) is 4.95. The van der Waals surface area contributed by atoms with Crippen molar-refractivity contribution in [2.45, 2.75) is 6.42 Å². The molecule has 0 saturated carbocycles. The van der Waals surface area contributed by atoms with Crippen LogP contribution in [0.2, 0.25) is 0 Å². The van der Waals surface area contributed by atoms with Crippen molar-refractivity contribution in [3.8, 4) is 11.5 Å². The van der Waals surface area contributed by atoms with E-state index in [0.717, 1.165) is 5.69 Å². The molecule has 10 heteroatoms. The first-order valence-electron chi connectivity index (χ1n) is 10.7. The highest BCUT2D eigenvalue weighted by atomic mass is 32.1. The molecule has 1 saturated heterocycles. The van der Waals surface area contributed by atoms with Gasteiger partial charge in [0.1, 0.15) is 17.3 Å². The number of ether oxygens (including phenoxy) is 2. The zero-order chi connectivity index (χ0) is 24.1. The van der Waals surface area contributed by atoms with E-state index in [9.17, 15) is 14.0 Å². The Bertz CT molecular complexity index is 1140. The van der Waals surface area contributed by atoms with Crippen LogP contribution in [0, 0.1) is 5.82 Å². The number of hydrogen-bond donors (Lipinski definition) is 1. The number of aromatic nitrogens is 1. The molecule has 0 aliphatic carbocycles. The van der Waals surface area contributed by atoms with Crippen molar-refractivity contribution in [3.63, 3.8) is 0 Å². The second-order valence-corrected chi connectivity index (χ2v) is 8.58. The number of methoxy groups -OCH3 is 2. The summed E-state index contributed by atoms with van der Waals surface area (Å²) >= 11 is 1.26. The molecule has 0 bridgehead atoms. The fourth-order valence-corrected chi connectivity index (χ4v) is 4.39. The van der Waals surface area contributed by atoms with Gasteiger partial charge in [0.05, 0.1) is 26.3 Å². The first-order chi connectivity index (χ1) is 16.4. The van der Waals surface area contributed by atoms with E-state index < -0.39 is 0 Å². The summed E-state index contributed by atoms with van der Waals surface area (Å²) in [6, 6.07) is 11.3. The minimum atomic E-state index is -0.346. The molecule has 0 unspecified atom stereocenters. The minimum absolute atomic E-state index is 0.0144. The van der Waals surface area contributed by atoms with E-state index in [2.05, 4.69) is 15.2 Å². The van der Waals surface area contributed by atoms with Crippen molar-refractivity contribution < 1.29 is 23.5 Å². The Labute approximate surface area is 200 Å². The number of piperazine rings is 1. The molecule has 1 N–H and O–H groups in total. The molecule has 1 aromatic heterocycles. The van der Waals surface area contributed by atoms with Crippen molar-refractivity contribution >= 4 is 34.0 Å². The molecule has 1 aliphatic heterocycles. The number of nitrogens with one attached hydrogen (secondary N) is 1. The van der Waals surface area contributed by atoms with Crippen molar-refractivity contribution in [1.29, 1.82) is 0 Å². The maximum absolute atomic E-state index is 13.1. The van der Waals surface area contributed by atoms with Gasteiger partial charge >= 0.3 is 0 Å². The molecule has 4 rings (SSSR count). The van der Waals surface area contributed by atoms with Crippen molar-refractivity contribution in [1.82, 2.24) is 9.88 Å². The Balaban J connectivity index is 1.31. The van der Waals surface area contributed by atoms with Crippen molar-refractivity contribution in [2.75, 3.05) is 50.6 Å². The van der Waals surface area contributed by atoms with Crippen LogP contribution in [0.1, 0.15) is 16.1 Å². The number of benzene rings is 2. The maximum atomic E-state index is 13.1. The quantitative estimate of drug-likeness (QED) is 0.553. The molecular weight excluding hydrogens is 459 g/mol. The minimum Gasteiger partial charge on any atom is -0.497 e. The monoisotopic (exact) mass is 484 g/mol. The molecule has 8 nitrogen and oxygen atoms in total. The summed E-state index contributed by atoms with van der Waals surface area (Å²) in [5.74, 6) is 0.393. The number of hydrogen-bond acceptors (Lipinski definition) is 7. The Morgan fingerprint density at radius 3 is 2.29 bits per heavy atom. The van der Waals surface area contributed by atoms with Gasteiger partial charge in [0.25, 0.3) is 5.91 Å². The van der Waals surface area contributed by atoms with Crippen LogP contribution < -0.4 is 19.7 Å². The first-order valence-corrected chi connectivity index (χ1v) is 11.6. The molecule has 0 radical (unpaired) electrons. The van der Waals surface area contributed by atoms with Gasteiger partial charge in [-0.05, 0) is 36.4 Å². The van der Waals surface area contributed by atoms with Crippen LogP contribution >= 0.6 is 11.3 Å². The fraction of sp³-hybridized carbons (Fsp3) is 0.292. The van der Waals surface area contributed by atoms with Gasteiger partial charge in [-0.2, -0.15) is 0 Å². The predicted octanol–water partition coefficient (Wildman–Crippen LogP) is 3.44. The van der Waals surface area contributed by atoms with Gasteiger partial charge in [-0.3, -0.25) is 14.9 Å². The SMILES string of the molecule is COc1cc(OC)cc(C(=O)Nc2nc(CC(=O)N3CCN(c4ccc(F)cc4)CC3)cs2)c1. The van der Waals surface area contributed by atoms with Crippen LogP contribution in [0.5, 0.6) is 11.5 Å². The molecule has 34 heavy (non-hydrogen) atoms. The molecule has 0 spiro atoms. The van der Waals surface area contributed by atoms with Gasteiger partial charge in [-0.15, -0.1) is 11.3 Å². The molecule has 0 atom stereocenters.